The maximum Gasteiger partial charge on any atom is 0.329 e. The van der Waals surface area contributed by atoms with Gasteiger partial charge in [-0.3, -0.25) is 4.79 Å². The largest absolute Gasteiger partial charge is 0.480 e. The van der Waals surface area contributed by atoms with Crippen LogP contribution in [0.5, 0.6) is 0 Å². The van der Waals surface area contributed by atoms with Crippen molar-refractivity contribution in [3.05, 3.63) is 0 Å². The third-order valence-electron chi connectivity index (χ3n) is 4.05. The molecule has 5 heteroatoms. The van der Waals surface area contributed by atoms with E-state index in [9.17, 15) is 14.7 Å². The summed E-state index contributed by atoms with van der Waals surface area (Å²) in [6, 6.07) is 0. The van der Waals surface area contributed by atoms with Gasteiger partial charge < -0.3 is 10.4 Å². The summed E-state index contributed by atoms with van der Waals surface area (Å²) in [5, 5.41) is 12.2. The lowest BCUT2D eigenvalue weighted by molar-refractivity contribution is -0.148. The normalized spacial score (nSPS) is 20.0. The molecular weight excluding hydrogens is 262 g/mol. The first-order valence-corrected chi connectivity index (χ1v) is 8.19. The molecule has 0 aromatic carbocycles. The van der Waals surface area contributed by atoms with E-state index in [-0.39, 0.29) is 5.91 Å². The minimum Gasteiger partial charge on any atom is -0.480 e. The average Bonchev–Trinajstić information content (AvgIpc) is 2.36. The molecule has 1 heterocycles. The van der Waals surface area contributed by atoms with Crippen molar-refractivity contribution in [3.63, 3.8) is 0 Å². The van der Waals surface area contributed by atoms with E-state index in [0.717, 1.165) is 17.9 Å². The van der Waals surface area contributed by atoms with Crippen molar-refractivity contribution < 1.29 is 14.7 Å². The predicted molar refractivity (Wildman–Crippen MR) is 78.3 cm³/mol. The van der Waals surface area contributed by atoms with Gasteiger partial charge in [0.1, 0.15) is 5.54 Å². The van der Waals surface area contributed by atoms with Crippen LogP contribution >= 0.6 is 11.8 Å². The lowest BCUT2D eigenvalue weighted by atomic mass is 9.88. The first kappa shape index (κ1) is 16.3. The Bertz CT molecular complexity index is 325. The molecular formula is C14H25NO3S. The van der Waals surface area contributed by atoms with Crippen molar-refractivity contribution in [2.24, 2.45) is 11.8 Å². The van der Waals surface area contributed by atoms with Crippen LogP contribution in [-0.4, -0.2) is 34.0 Å². The molecule has 0 bridgehead atoms. The summed E-state index contributed by atoms with van der Waals surface area (Å²) >= 11 is 1.75. The quantitative estimate of drug-likeness (QED) is 0.788. The minimum atomic E-state index is -1.03. The van der Waals surface area contributed by atoms with E-state index in [1.54, 1.807) is 11.8 Å². The van der Waals surface area contributed by atoms with Crippen LogP contribution in [0.15, 0.2) is 0 Å². The Balaban J connectivity index is 2.64. The Kier molecular flexibility index (Phi) is 6.17. The van der Waals surface area contributed by atoms with Crippen LogP contribution in [0.2, 0.25) is 0 Å². The van der Waals surface area contributed by atoms with Gasteiger partial charge in [-0.05, 0) is 36.2 Å². The summed E-state index contributed by atoms with van der Waals surface area (Å²) in [6.45, 7) is 6.28. The molecule has 1 saturated heterocycles. The number of aliphatic carboxylic acids is 1. The van der Waals surface area contributed by atoms with Gasteiger partial charge in [0.15, 0.2) is 0 Å². The van der Waals surface area contributed by atoms with Crippen LogP contribution in [0, 0.1) is 11.8 Å². The molecule has 1 aliphatic heterocycles. The molecule has 1 atom stereocenters. The van der Waals surface area contributed by atoms with E-state index in [4.69, 9.17) is 0 Å². The SMILES string of the molecule is CCC(CC(=O)NC1(C(=O)O)CCSCC1)C(C)C. The van der Waals surface area contributed by atoms with Crippen molar-refractivity contribution in [2.45, 2.75) is 52.0 Å². The zero-order valence-corrected chi connectivity index (χ0v) is 12.9. The smallest absolute Gasteiger partial charge is 0.329 e. The molecule has 1 unspecified atom stereocenters. The van der Waals surface area contributed by atoms with Crippen molar-refractivity contribution in [2.75, 3.05) is 11.5 Å². The van der Waals surface area contributed by atoms with Crippen LogP contribution in [0.25, 0.3) is 0 Å². The van der Waals surface area contributed by atoms with Gasteiger partial charge in [0.25, 0.3) is 0 Å². The summed E-state index contributed by atoms with van der Waals surface area (Å²) in [7, 11) is 0. The first-order chi connectivity index (χ1) is 8.91. The molecule has 0 aromatic rings. The summed E-state index contributed by atoms with van der Waals surface area (Å²) in [4.78, 5) is 23.6. The van der Waals surface area contributed by atoms with E-state index in [1.807, 2.05) is 0 Å². The van der Waals surface area contributed by atoms with Gasteiger partial charge in [-0.2, -0.15) is 11.8 Å². The average molecular weight is 287 g/mol. The summed E-state index contributed by atoms with van der Waals surface area (Å²) in [6.07, 6.45) is 2.42. The van der Waals surface area contributed by atoms with Crippen LogP contribution in [0.1, 0.15) is 46.5 Å². The number of hydrogen-bond acceptors (Lipinski definition) is 3. The highest BCUT2D eigenvalue weighted by molar-refractivity contribution is 7.99. The number of carbonyl (C=O) groups is 2. The molecule has 1 amide bonds. The van der Waals surface area contributed by atoms with Crippen LogP contribution in [0.4, 0.5) is 0 Å². The molecule has 1 aliphatic rings. The fourth-order valence-corrected chi connectivity index (χ4v) is 3.71. The molecule has 0 radical (unpaired) electrons. The first-order valence-electron chi connectivity index (χ1n) is 7.03. The van der Waals surface area contributed by atoms with E-state index >= 15 is 0 Å². The zero-order valence-electron chi connectivity index (χ0n) is 12.1. The Morgan fingerprint density at radius 3 is 2.32 bits per heavy atom. The maximum atomic E-state index is 12.1. The van der Waals surface area contributed by atoms with E-state index in [1.165, 1.54) is 0 Å². The Hall–Kier alpha value is -0.710. The molecule has 1 rings (SSSR count). The van der Waals surface area contributed by atoms with E-state index in [2.05, 4.69) is 26.1 Å². The van der Waals surface area contributed by atoms with E-state index < -0.39 is 11.5 Å². The molecule has 0 aromatic heterocycles. The van der Waals surface area contributed by atoms with Gasteiger partial charge in [0, 0.05) is 6.42 Å². The fraction of sp³-hybridized carbons (Fsp3) is 0.857. The van der Waals surface area contributed by atoms with Gasteiger partial charge in [0.2, 0.25) is 5.91 Å². The van der Waals surface area contributed by atoms with Crippen LogP contribution < -0.4 is 5.32 Å². The summed E-state index contributed by atoms with van der Waals surface area (Å²) < 4.78 is 0. The molecule has 4 nitrogen and oxygen atoms in total. The Morgan fingerprint density at radius 1 is 1.32 bits per heavy atom. The lowest BCUT2D eigenvalue weighted by Gasteiger charge is -2.34. The third-order valence-corrected chi connectivity index (χ3v) is 5.03. The Labute approximate surface area is 119 Å². The fourth-order valence-electron chi connectivity index (χ4n) is 2.52. The van der Waals surface area contributed by atoms with Gasteiger partial charge in [-0.15, -0.1) is 0 Å². The van der Waals surface area contributed by atoms with Crippen molar-refractivity contribution in [3.8, 4) is 0 Å². The standard InChI is InChI=1S/C14H25NO3S/c1-4-11(10(2)3)9-12(16)15-14(13(17)18)5-7-19-8-6-14/h10-11H,4-9H2,1-3H3,(H,15,16)(H,17,18). The van der Waals surface area contributed by atoms with Gasteiger partial charge >= 0.3 is 5.97 Å². The third kappa shape index (κ3) is 4.41. The number of nitrogens with one attached hydrogen (secondary N) is 1. The van der Waals surface area contributed by atoms with Crippen molar-refractivity contribution in [1.29, 1.82) is 0 Å². The highest BCUT2D eigenvalue weighted by Crippen LogP contribution is 2.28. The zero-order chi connectivity index (χ0) is 14.5. The highest BCUT2D eigenvalue weighted by atomic mass is 32.2. The minimum absolute atomic E-state index is 0.116. The lowest BCUT2D eigenvalue weighted by Crippen LogP contribution is -2.56. The monoisotopic (exact) mass is 287 g/mol. The number of hydrogen-bond donors (Lipinski definition) is 2. The van der Waals surface area contributed by atoms with E-state index in [0.29, 0.717) is 31.1 Å². The number of rotatable bonds is 6. The molecule has 0 saturated carbocycles. The molecule has 2 N–H and O–H groups in total. The number of carbonyl (C=O) groups excluding carboxylic acids is 1. The molecule has 0 spiro atoms. The van der Waals surface area contributed by atoms with Crippen LogP contribution in [0.3, 0.4) is 0 Å². The highest BCUT2D eigenvalue weighted by Gasteiger charge is 2.41. The number of carboxylic acids is 1. The second-order valence-electron chi connectivity index (χ2n) is 5.66. The topological polar surface area (TPSA) is 66.4 Å². The van der Waals surface area contributed by atoms with Crippen molar-refractivity contribution in [1.82, 2.24) is 5.32 Å². The molecule has 19 heavy (non-hydrogen) atoms. The number of carboxylic acid groups (broad SMARTS) is 1. The van der Waals surface area contributed by atoms with Gasteiger partial charge in [0.05, 0.1) is 0 Å². The maximum absolute atomic E-state index is 12.1. The molecule has 0 aliphatic carbocycles. The second kappa shape index (κ2) is 7.17. The number of amides is 1. The number of thioether (sulfide) groups is 1. The predicted octanol–water partition coefficient (Wildman–Crippen LogP) is 2.53. The summed E-state index contributed by atoms with van der Waals surface area (Å²) in [5.41, 5.74) is -1.03. The van der Waals surface area contributed by atoms with Crippen molar-refractivity contribution >= 4 is 23.6 Å². The van der Waals surface area contributed by atoms with Crippen LogP contribution in [-0.2, 0) is 9.59 Å². The van der Waals surface area contributed by atoms with Gasteiger partial charge in [-0.1, -0.05) is 27.2 Å². The summed E-state index contributed by atoms with van der Waals surface area (Å²) in [5.74, 6) is 1.36. The molecule has 110 valence electrons. The molecule has 1 fully saturated rings. The second-order valence-corrected chi connectivity index (χ2v) is 6.89. The Morgan fingerprint density at radius 2 is 1.89 bits per heavy atom. The van der Waals surface area contributed by atoms with Gasteiger partial charge in [-0.25, -0.2) is 4.79 Å².